The first-order chi connectivity index (χ1) is 11.1. The molecule has 1 aliphatic rings. The first kappa shape index (κ1) is 15.7. The SMILES string of the molecule is CN1CCN(C(=O)Cc2ccccc2F)C(c2ccccc2)C1. The molecule has 4 heteroatoms. The Balaban J connectivity index is 1.81. The molecule has 3 rings (SSSR count). The lowest BCUT2D eigenvalue weighted by molar-refractivity contribution is -0.135. The van der Waals surface area contributed by atoms with E-state index in [1.807, 2.05) is 35.2 Å². The number of rotatable bonds is 3. The minimum atomic E-state index is -0.314. The van der Waals surface area contributed by atoms with Crippen LogP contribution in [0.25, 0.3) is 0 Å². The van der Waals surface area contributed by atoms with E-state index in [0.29, 0.717) is 12.1 Å². The molecule has 1 unspecified atom stereocenters. The zero-order valence-corrected chi connectivity index (χ0v) is 13.3. The van der Waals surface area contributed by atoms with Gasteiger partial charge < -0.3 is 9.80 Å². The maximum atomic E-state index is 13.8. The van der Waals surface area contributed by atoms with Crippen LogP contribution < -0.4 is 0 Å². The summed E-state index contributed by atoms with van der Waals surface area (Å²) >= 11 is 0. The Hall–Kier alpha value is -2.20. The Bertz CT molecular complexity index is 674. The third kappa shape index (κ3) is 3.59. The van der Waals surface area contributed by atoms with Crippen molar-refractivity contribution in [1.29, 1.82) is 0 Å². The average molecular weight is 312 g/mol. The highest BCUT2D eigenvalue weighted by Crippen LogP contribution is 2.25. The lowest BCUT2D eigenvalue weighted by atomic mass is 10.0. The van der Waals surface area contributed by atoms with Crippen molar-refractivity contribution < 1.29 is 9.18 Å². The van der Waals surface area contributed by atoms with Gasteiger partial charge in [-0.25, -0.2) is 4.39 Å². The molecule has 0 aromatic heterocycles. The van der Waals surface area contributed by atoms with Crippen LogP contribution in [0.15, 0.2) is 54.6 Å². The monoisotopic (exact) mass is 312 g/mol. The van der Waals surface area contributed by atoms with Crippen molar-refractivity contribution in [1.82, 2.24) is 9.80 Å². The molecule has 0 N–H and O–H groups in total. The summed E-state index contributed by atoms with van der Waals surface area (Å²) in [7, 11) is 2.06. The Morgan fingerprint density at radius 3 is 2.52 bits per heavy atom. The summed E-state index contributed by atoms with van der Waals surface area (Å²) in [5, 5.41) is 0. The van der Waals surface area contributed by atoms with Gasteiger partial charge in [-0.3, -0.25) is 4.79 Å². The summed E-state index contributed by atoms with van der Waals surface area (Å²) in [5.74, 6) is -0.330. The minimum Gasteiger partial charge on any atom is -0.333 e. The van der Waals surface area contributed by atoms with E-state index < -0.39 is 0 Å². The van der Waals surface area contributed by atoms with Gasteiger partial charge in [-0.1, -0.05) is 48.5 Å². The first-order valence-electron chi connectivity index (χ1n) is 7.91. The van der Waals surface area contributed by atoms with Crippen LogP contribution in [0.5, 0.6) is 0 Å². The fourth-order valence-electron chi connectivity index (χ4n) is 3.08. The molecule has 1 fully saturated rings. The van der Waals surface area contributed by atoms with Crippen molar-refractivity contribution in [2.24, 2.45) is 0 Å². The van der Waals surface area contributed by atoms with Gasteiger partial charge in [0.25, 0.3) is 0 Å². The normalized spacial score (nSPS) is 18.9. The van der Waals surface area contributed by atoms with Crippen LogP contribution in [-0.4, -0.2) is 42.4 Å². The Labute approximate surface area is 136 Å². The van der Waals surface area contributed by atoms with Crippen LogP contribution in [0, 0.1) is 5.82 Å². The standard InChI is InChI=1S/C19H21FN2O/c1-21-11-12-22(18(14-21)15-7-3-2-4-8-15)19(23)13-16-9-5-6-10-17(16)20/h2-10,18H,11-14H2,1H3. The maximum absolute atomic E-state index is 13.8. The molecule has 2 aromatic carbocycles. The van der Waals surface area contributed by atoms with Crippen molar-refractivity contribution in [2.75, 3.05) is 26.7 Å². The minimum absolute atomic E-state index is 0.0166. The highest BCUT2D eigenvalue weighted by atomic mass is 19.1. The van der Waals surface area contributed by atoms with E-state index in [9.17, 15) is 9.18 Å². The molecule has 1 amide bonds. The third-order valence-corrected chi connectivity index (χ3v) is 4.39. The molecule has 1 saturated heterocycles. The smallest absolute Gasteiger partial charge is 0.227 e. The zero-order chi connectivity index (χ0) is 16.2. The fourth-order valence-corrected chi connectivity index (χ4v) is 3.08. The molecule has 120 valence electrons. The van der Waals surface area contributed by atoms with Gasteiger partial charge in [-0.15, -0.1) is 0 Å². The number of hydrogen-bond acceptors (Lipinski definition) is 2. The Morgan fingerprint density at radius 1 is 1.09 bits per heavy atom. The second kappa shape index (κ2) is 6.92. The summed E-state index contributed by atoms with van der Waals surface area (Å²) in [5.41, 5.74) is 1.59. The number of benzene rings is 2. The zero-order valence-electron chi connectivity index (χ0n) is 13.3. The van der Waals surface area contributed by atoms with Crippen LogP contribution >= 0.6 is 0 Å². The molecule has 0 aliphatic carbocycles. The summed E-state index contributed by atoms with van der Waals surface area (Å²) in [6.45, 7) is 2.31. The third-order valence-electron chi connectivity index (χ3n) is 4.39. The molecular weight excluding hydrogens is 291 g/mol. The van der Waals surface area contributed by atoms with Gasteiger partial charge in [0.2, 0.25) is 5.91 Å². The lowest BCUT2D eigenvalue weighted by Gasteiger charge is -2.40. The van der Waals surface area contributed by atoms with E-state index in [1.54, 1.807) is 18.2 Å². The van der Waals surface area contributed by atoms with Crippen molar-refractivity contribution in [2.45, 2.75) is 12.5 Å². The van der Waals surface area contributed by atoms with Crippen LogP contribution in [0.1, 0.15) is 17.2 Å². The molecule has 1 heterocycles. The topological polar surface area (TPSA) is 23.6 Å². The number of carbonyl (C=O) groups excluding carboxylic acids is 1. The van der Waals surface area contributed by atoms with Crippen LogP contribution in [0.2, 0.25) is 0 Å². The van der Waals surface area contributed by atoms with Crippen LogP contribution in [0.3, 0.4) is 0 Å². The van der Waals surface area contributed by atoms with Gasteiger partial charge in [0.15, 0.2) is 0 Å². The van der Waals surface area contributed by atoms with Gasteiger partial charge in [0.05, 0.1) is 12.5 Å². The Kier molecular flexibility index (Phi) is 4.72. The van der Waals surface area contributed by atoms with Gasteiger partial charge in [-0.2, -0.15) is 0 Å². The number of hydrogen-bond donors (Lipinski definition) is 0. The van der Waals surface area contributed by atoms with Crippen LogP contribution in [-0.2, 0) is 11.2 Å². The Morgan fingerprint density at radius 2 is 1.78 bits per heavy atom. The molecule has 3 nitrogen and oxygen atoms in total. The first-order valence-corrected chi connectivity index (χ1v) is 7.91. The van der Waals surface area contributed by atoms with E-state index in [0.717, 1.165) is 18.7 Å². The molecule has 2 aromatic rings. The second-order valence-electron chi connectivity index (χ2n) is 6.04. The molecule has 23 heavy (non-hydrogen) atoms. The van der Waals surface area contributed by atoms with E-state index in [4.69, 9.17) is 0 Å². The van der Waals surface area contributed by atoms with E-state index in [-0.39, 0.29) is 24.2 Å². The van der Waals surface area contributed by atoms with Gasteiger partial charge in [0, 0.05) is 19.6 Å². The van der Waals surface area contributed by atoms with E-state index >= 15 is 0 Å². The number of nitrogens with zero attached hydrogens (tertiary/aromatic N) is 2. The number of amides is 1. The largest absolute Gasteiger partial charge is 0.333 e. The second-order valence-corrected chi connectivity index (χ2v) is 6.04. The molecular formula is C19H21FN2O. The number of halogens is 1. The van der Waals surface area contributed by atoms with E-state index in [1.165, 1.54) is 6.07 Å². The van der Waals surface area contributed by atoms with Crippen molar-refractivity contribution in [3.05, 3.63) is 71.5 Å². The molecule has 0 saturated carbocycles. The maximum Gasteiger partial charge on any atom is 0.227 e. The highest BCUT2D eigenvalue weighted by molar-refractivity contribution is 5.79. The van der Waals surface area contributed by atoms with Crippen molar-refractivity contribution in [3.63, 3.8) is 0 Å². The van der Waals surface area contributed by atoms with Gasteiger partial charge in [0.1, 0.15) is 5.82 Å². The summed E-state index contributed by atoms with van der Waals surface area (Å²) in [4.78, 5) is 16.9. The van der Waals surface area contributed by atoms with Crippen molar-refractivity contribution >= 4 is 5.91 Å². The predicted octanol–water partition coefficient (Wildman–Crippen LogP) is 2.88. The lowest BCUT2D eigenvalue weighted by Crippen LogP contribution is -2.49. The number of carbonyl (C=O) groups is 1. The fraction of sp³-hybridized carbons (Fsp3) is 0.316. The van der Waals surface area contributed by atoms with E-state index in [2.05, 4.69) is 11.9 Å². The summed E-state index contributed by atoms with van der Waals surface area (Å²) < 4.78 is 13.8. The number of piperazine rings is 1. The predicted molar refractivity (Wildman–Crippen MR) is 88.5 cm³/mol. The molecule has 0 bridgehead atoms. The van der Waals surface area contributed by atoms with Gasteiger partial charge in [-0.05, 0) is 24.2 Å². The van der Waals surface area contributed by atoms with Gasteiger partial charge >= 0.3 is 0 Å². The summed E-state index contributed by atoms with van der Waals surface area (Å²) in [6.07, 6.45) is 0.111. The molecule has 0 radical (unpaired) electrons. The molecule has 1 atom stereocenters. The summed E-state index contributed by atoms with van der Waals surface area (Å²) in [6, 6.07) is 16.6. The quantitative estimate of drug-likeness (QED) is 0.870. The average Bonchev–Trinajstić information content (AvgIpc) is 2.57. The molecule has 0 spiro atoms. The van der Waals surface area contributed by atoms with Crippen molar-refractivity contribution in [3.8, 4) is 0 Å². The van der Waals surface area contributed by atoms with Crippen LogP contribution in [0.4, 0.5) is 4.39 Å². The highest BCUT2D eigenvalue weighted by Gasteiger charge is 2.30. The number of likely N-dealkylation sites (N-methyl/N-ethyl adjacent to an activating group) is 1. The molecule has 1 aliphatic heterocycles.